The van der Waals surface area contributed by atoms with E-state index in [0.29, 0.717) is 5.88 Å². The van der Waals surface area contributed by atoms with E-state index in [0.717, 1.165) is 34.4 Å². The molecule has 0 aliphatic rings. The summed E-state index contributed by atoms with van der Waals surface area (Å²) >= 11 is 0. The summed E-state index contributed by atoms with van der Waals surface area (Å²) in [5.74, 6) is 0.276. The minimum Gasteiger partial charge on any atom is -0.468 e. The fraction of sp³-hybridized carbons (Fsp3) is 0.350. The molecule has 0 unspecified atom stereocenters. The molecule has 3 aromatic rings. The molecule has 0 radical (unpaired) electrons. The number of hydrogen-bond acceptors (Lipinski definition) is 4. The highest BCUT2D eigenvalue weighted by Gasteiger charge is 2.15. The predicted molar refractivity (Wildman–Crippen MR) is 102 cm³/mol. The minimum absolute atomic E-state index is 0.0548. The average molecular weight is 352 g/mol. The zero-order chi connectivity index (χ0) is 18.7. The Hall–Kier alpha value is -2.89. The number of ether oxygens (including phenoxy) is 1. The molecule has 6 heteroatoms. The van der Waals surface area contributed by atoms with Gasteiger partial charge in [-0.25, -0.2) is 4.68 Å². The second-order valence-corrected chi connectivity index (χ2v) is 6.47. The van der Waals surface area contributed by atoms with Crippen LogP contribution >= 0.6 is 0 Å². The Labute approximate surface area is 153 Å². The first kappa shape index (κ1) is 17.9. The molecule has 26 heavy (non-hydrogen) atoms. The van der Waals surface area contributed by atoms with Crippen molar-refractivity contribution in [1.82, 2.24) is 20.1 Å². The fourth-order valence-corrected chi connectivity index (χ4v) is 2.86. The summed E-state index contributed by atoms with van der Waals surface area (Å²) in [5, 5.41) is 8.52. The van der Waals surface area contributed by atoms with Crippen LogP contribution in [0.15, 0.2) is 36.4 Å². The van der Waals surface area contributed by atoms with E-state index in [1.54, 1.807) is 0 Å². The molecule has 2 heterocycles. The number of carbonyl (C=O) groups is 1. The van der Waals surface area contributed by atoms with E-state index in [4.69, 9.17) is 4.74 Å². The third-order valence-electron chi connectivity index (χ3n) is 4.36. The van der Waals surface area contributed by atoms with Gasteiger partial charge in [0.1, 0.15) is 0 Å². The number of aromatic nitrogens is 3. The molecule has 0 saturated carbocycles. The van der Waals surface area contributed by atoms with Crippen LogP contribution in [0.2, 0.25) is 0 Å². The molecule has 1 N–H and O–H groups in total. The number of aryl methyl sites for hydroxylation is 2. The van der Waals surface area contributed by atoms with E-state index in [2.05, 4.69) is 15.4 Å². The van der Waals surface area contributed by atoms with Gasteiger partial charge in [-0.05, 0) is 44.9 Å². The molecule has 0 aliphatic heterocycles. The molecule has 1 aromatic carbocycles. The quantitative estimate of drug-likeness (QED) is 0.739. The van der Waals surface area contributed by atoms with E-state index in [-0.39, 0.29) is 18.6 Å². The second kappa shape index (κ2) is 7.56. The van der Waals surface area contributed by atoms with Crippen molar-refractivity contribution < 1.29 is 9.53 Å². The standard InChI is InChI=1S/C20H24N4O2/c1-5-14(3)21-17(25)12-26-18-11-13(2)19-15(4)23-24(20(19)22-18)16-9-7-6-8-10-16/h6-11,14H,5,12H2,1-4H3,(H,21,25)/t14-/m0/s1. The highest BCUT2D eigenvalue weighted by Crippen LogP contribution is 2.26. The Morgan fingerprint density at radius 3 is 2.69 bits per heavy atom. The van der Waals surface area contributed by atoms with Gasteiger partial charge in [0.2, 0.25) is 5.88 Å². The molecule has 0 spiro atoms. The van der Waals surface area contributed by atoms with Gasteiger partial charge in [-0.1, -0.05) is 25.1 Å². The van der Waals surface area contributed by atoms with E-state index in [1.807, 2.05) is 68.8 Å². The highest BCUT2D eigenvalue weighted by atomic mass is 16.5. The number of hydrogen-bond donors (Lipinski definition) is 1. The highest BCUT2D eigenvalue weighted by molar-refractivity contribution is 5.84. The summed E-state index contributed by atoms with van der Waals surface area (Å²) in [7, 11) is 0. The van der Waals surface area contributed by atoms with Gasteiger partial charge in [-0.2, -0.15) is 10.1 Å². The molecule has 0 aliphatic carbocycles. The number of rotatable bonds is 6. The summed E-state index contributed by atoms with van der Waals surface area (Å²) < 4.78 is 7.45. The first-order chi connectivity index (χ1) is 12.5. The van der Waals surface area contributed by atoms with Crippen LogP contribution in [0.25, 0.3) is 16.7 Å². The maximum absolute atomic E-state index is 11.9. The van der Waals surface area contributed by atoms with Gasteiger partial charge >= 0.3 is 0 Å². The van der Waals surface area contributed by atoms with E-state index >= 15 is 0 Å². The lowest BCUT2D eigenvalue weighted by Gasteiger charge is -2.12. The molecule has 1 amide bonds. The van der Waals surface area contributed by atoms with Crippen LogP contribution in [-0.2, 0) is 4.79 Å². The monoisotopic (exact) mass is 352 g/mol. The van der Waals surface area contributed by atoms with Crippen LogP contribution < -0.4 is 10.1 Å². The molecule has 0 bridgehead atoms. The predicted octanol–water partition coefficient (Wildman–Crippen LogP) is 3.33. The fourth-order valence-electron chi connectivity index (χ4n) is 2.86. The van der Waals surface area contributed by atoms with Crippen LogP contribution in [0, 0.1) is 13.8 Å². The number of para-hydroxylation sites is 1. The third-order valence-corrected chi connectivity index (χ3v) is 4.36. The van der Waals surface area contributed by atoms with Crippen LogP contribution in [0.3, 0.4) is 0 Å². The SMILES string of the molecule is CC[C@H](C)NC(=O)COc1cc(C)c2c(C)nn(-c3ccccc3)c2n1. The van der Waals surface area contributed by atoms with Gasteiger partial charge in [0.15, 0.2) is 12.3 Å². The molecular formula is C20H24N4O2. The molecular weight excluding hydrogens is 328 g/mol. The van der Waals surface area contributed by atoms with E-state index < -0.39 is 0 Å². The normalized spacial score (nSPS) is 12.2. The Morgan fingerprint density at radius 1 is 1.27 bits per heavy atom. The number of pyridine rings is 1. The van der Waals surface area contributed by atoms with Crippen molar-refractivity contribution >= 4 is 16.9 Å². The zero-order valence-electron chi connectivity index (χ0n) is 15.6. The first-order valence-electron chi connectivity index (χ1n) is 8.84. The van der Waals surface area contributed by atoms with E-state index in [9.17, 15) is 4.79 Å². The Balaban J connectivity index is 1.90. The van der Waals surface area contributed by atoms with Crippen LogP contribution in [0.1, 0.15) is 31.5 Å². The smallest absolute Gasteiger partial charge is 0.258 e. The third kappa shape index (κ3) is 3.69. The molecule has 3 rings (SSSR count). The summed E-state index contributed by atoms with van der Waals surface area (Å²) in [6.07, 6.45) is 0.880. The largest absolute Gasteiger partial charge is 0.468 e. The summed E-state index contributed by atoms with van der Waals surface area (Å²) in [4.78, 5) is 16.5. The van der Waals surface area contributed by atoms with Crippen molar-refractivity contribution in [3.8, 4) is 11.6 Å². The topological polar surface area (TPSA) is 69.0 Å². The molecule has 0 fully saturated rings. The van der Waals surface area contributed by atoms with E-state index in [1.165, 1.54) is 0 Å². The molecule has 136 valence electrons. The number of amides is 1. The molecule has 2 aromatic heterocycles. The summed E-state index contributed by atoms with van der Waals surface area (Å²) in [6.45, 7) is 7.91. The van der Waals surface area contributed by atoms with Gasteiger partial charge in [0.25, 0.3) is 5.91 Å². The number of nitrogens with zero attached hydrogens (tertiary/aromatic N) is 3. The lowest BCUT2D eigenvalue weighted by molar-refractivity contribution is -0.123. The lowest BCUT2D eigenvalue weighted by Crippen LogP contribution is -2.35. The maximum Gasteiger partial charge on any atom is 0.258 e. The Kier molecular flexibility index (Phi) is 5.21. The number of carbonyl (C=O) groups excluding carboxylic acids is 1. The number of benzene rings is 1. The number of fused-ring (bicyclic) bond motifs is 1. The van der Waals surface area contributed by atoms with Crippen LogP contribution in [-0.4, -0.2) is 33.3 Å². The minimum atomic E-state index is -0.147. The lowest BCUT2D eigenvalue weighted by atomic mass is 10.2. The van der Waals surface area contributed by atoms with Gasteiger partial charge in [0.05, 0.1) is 11.4 Å². The van der Waals surface area contributed by atoms with Crippen molar-refractivity contribution in [3.63, 3.8) is 0 Å². The summed E-state index contributed by atoms with van der Waals surface area (Å²) in [5.41, 5.74) is 3.59. The van der Waals surface area contributed by atoms with Crippen LogP contribution in [0.5, 0.6) is 5.88 Å². The molecule has 1 atom stereocenters. The van der Waals surface area contributed by atoms with Crippen molar-refractivity contribution in [2.45, 2.75) is 40.2 Å². The average Bonchev–Trinajstić information content (AvgIpc) is 2.97. The van der Waals surface area contributed by atoms with Crippen LogP contribution in [0.4, 0.5) is 0 Å². The van der Waals surface area contributed by atoms with Gasteiger partial charge in [-0.3, -0.25) is 4.79 Å². The Bertz CT molecular complexity index is 918. The Morgan fingerprint density at radius 2 is 2.00 bits per heavy atom. The summed E-state index contributed by atoms with van der Waals surface area (Å²) in [6, 6.07) is 11.8. The molecule has 0 saturated heterocycles. The first-order valence-corrected chi connectivity index (χ1v) is 8.84. The van der Waals surface area contributed by atoms with Crippen molar-refractivity contribution in [1.29, 1.82) is 0 Å². The van der Waals surface area contributed by atoms with Gasteiger partial charge < -0.3 is 10.1 Å². The van der Waals surface area contributed by atoms with Gasteiger partial charge in [-0.15, -0.1) is 0 Å². The van der Waals surface area contributed by atoms with Crippen molar-refractivity contribution in [3.05, 3.63) is 47.7 Å². The second-order valence-electron chi connectivity index (χ2n) is 6.47. The van der Waals surface area contributed by atoms with Crippen molar-refractivity contribution in [2.24, 2.45) is 0 Å². The van der Waals surface area contributed by atoms with Crippen molar-refractivity contribution in [2.75, 3.05) is 6.61 Å². The van der Waals surface area contributed by atoms with Gasteiger partial charge in [0, 0.05) is 17.5 Å². The zero-order valence-corrected chi connectivity index (χ0v) is 15.6. The number of nitrogens with one attached hydrogen (secondary N) is 1. The maximum atomic E-state index is 11.9. The molecule has 6 nitrogen and oxygen atoms in total.